The number of aromatic nitrogens is 1. The molecule has 0 radical (unpaired) electrons. The average molecular weight is 281 g/mol. The third-order valence-corrected chi connectivity index (χ3v) is 3.30. The van der Waals surface area contributed by atoms with Gasteiger partial charge in [-0.2, -0.15) is 0 Å². The van der Waals surface area contributed by atoms with Crippen molar-refractivity contribution in [1.29, 1.82) is 0 Å². The van der Waals surface area contributed by atoms with Crippen LogP contribution in [0.3, 0.4) is 0 Å². The van der Waals surface area contributed by atoms with E-state index in [4.69, 9.17) is 0 Å². The highest BCUT2D eigenvalue weighted by molar-refractivity contribution is 5.79. The molecule has 1 rings (SSSR count). The zero-order chi connectivity index (χ0) is 15.3. The topological polar surface area (TPSA) is 72.4 Å². The summed E-state index contributed by atoms with van der Waals surface area (Å²) in [4.78, 5) is 23.3. The molecule has 0 saturated carbocycles. The normalized spacial score (nSPS) is 13.7. The van der Waals surface area contributed by atoms with Gasteiger partial charge >= 0.3 is 6.09 Å². The molecule has 1 aromatic heterocycles. The van der Waals surface area contributed by atoms with E-state index in [-0.39, 0.29) is 23.9 Å². The van der Waals surface area contributed by atoms with E-state index >= 15 is 0 Å². The van der Waals surface area contributed by atoms with Crippen molar-refractivity contribution in [2.24, 2.45) is 5.92 Å². The number of ether oxygens (including phenoxy) is 1. The van der Waals surface area contributed by atoms with Gasteiger partial charge in [-0.3, -0.25) is 4.79 Å². The summed E-state index contributed by atoms with van der Waals surface area (Å²) < 4.78 is 6.52. The summed E-state index contributed by atoms with van der Waals surface area (Å²) in [5.74, 6) is 0.0858. The lowest BCUT2D eigenvalue weighted by Crippen LogP contribution is -2.35. The number of alkyl carbamates (subject to hydrolysis) is 1. The van der Waals surface area contributed by atoms with Gasteiger partial charge in [-0.1, -0.05) is 13.8 Å². The van der Waals surface area contributed by atoms with Gasteiger partial charge in [0.2, 0.25) is 5.91 Å². The molecule has 2 atom stereocenters. The molecule has 0 bridgehead atoms. The Morgan fingerprint density at radius 3 is 2.45 bits per heavy atom. The number of carbonyl (C=O) groups is 2. The number of nitrogens with zero attached hydrogens (tertiary/aromatic N) is 1. The van der Waals surface area contributed by atoms with Crippen LogP contribution in [0.1, 0.15) is 38.5 Å². The minimum absolute atomic E-state index is 0.0805. The molecular formula is C14H23N3O3. The predicted octanol–water partition coefficient (Wildman–Crippen LogP) is 1.85. The Kier molecular flexibility index (Phi) is 5.61. The zero-order valence-corrected chi connectivity index (χ0v) is 12.6. The average Bonchev–Trinajstić information content (AvgIpc) is 2.91. The third-order valence-electron chi connectivity index (χ3n) is 3.30. The second-order valence-corrected chi connectivity index (χ2v) is 4.99. The van der Waals surface area contributed by atoms with Gasteiger partial charge in [-0.25, -0.2) is 4.79 Å². The molecule has 2 amide bonds. The second kappa shape index (κ2) is 6.98. The van der Waals surface area contributed by atoms with Gasteiger partial charge in [-0.05, 0) is 25.0 Å². The van der Waals surface area contributed by atoms with E-state index in [1.165, 1.54) is 7.11 Å². The van der Waals surface area contributed by atoms with Gasteiger partial charge in [0, 0.05) is 18.9 Å². The van der Waals surface area contributed by atoms with Gasteiger partial charge in [0.25, 0.3) is 0 Å². The second-order valence-electron chi connectivity index (χ2n) is 4.99. The fourth-order valence-electron chi connectivity index (χ4n) is 2.13. The number of hydrogen-bond acceptors (Lipinski definition) is 3. The number of likely N-dealkylation sites (N-methyl/N-ethyl adjacent to an activating group) is 1. The maximum atomic E-state index is 11.8. The van der Waals surface area contributed by atoms with Crippen molar-refractivity contribution in [3.8, 4) is 0 Å². The fourth-order valence-corrected chi connectivity index (χ4v) is 2.13. The number of hydrogen-bond donors (Lipinski definition) is 2. The van der Waals surface area contributed by atoms with Crippen LogP contribution in [-0.2, 0) is 9.53 Å². The maximum absolute atomic E-state index is 11.8. The van der Waals surface area contributed by atoms with Gasteiger partial charge in [0.05, 0.1) is 13.2 Å². The SMILES string of the molecule is CNC(=O)C(C)n1cccc1C(NC(=O)OC)C(C)C. The molecule has 112 valence electrons. The summed E-state index contributed by atoms with van der Waals surface area (Å²) in [6.07, 6.45) is 1.35. The van der Waals surface area contributed by atoms with Gasteiger partial charge in [-0.15, -0.1) is 0 Å². The standard InChI is InChI=1S/C14H23N3O3/c1-9(2)12(16-14(19)20-5)11-7-6-8-17(11)10(3)13(18)15-4/h6-10,12H,1-5H3,(H,15,18)(H,16,19). The summed E-state index contributed by atoms with van der Waals surface area (Å²) in [7, 11) is 2.94. The molecule has 0 aliphatic carbocycles. The smallest absolute Gasteiger partial charge is 0.407 e. The van der Waals surface area contributed by atoms with Crippen LogP contribution >= 0.6 is 0 Å². The molecule has 1 aromatic rings. The number of carbonyl (C=O) groups excluding carboxylic acids is 2. The Morgan fingerprint density at radius 2 is 1.95 bits per heavy atom. The molecule has 0 aliphatic heterocycles. The lowest BCUT2D eigenvalue weighted by molar-refractivity contribution is -0.123. The molecule has 6 nitrogen and oxygen atoms in total. The first kappa shape index (κ1) is 16.1. The largest absolute Gasteiger partial charge is 0.453 e. The van der Waals surface area contributed by atoms with E-state index in [2.05, 4.69) is 15.4 Å². The summed E-state index contributed by atoms with van der Waals surface area (Å²) in [5, 5.41) is 5.44. The first-order chi connectivity index (χ1) is 9.42. The van der Waals surface area contributed by atoms with Crippen LogP contribution in [0.25, 0.3) is 0 Å². The monoisotopic (exact) mass is 281 g/mol. The van der Waals surface area contributed by atoms with E-state index in [9.17, 15) is 9.59 Å². The Morgan fingerprint density at radius 1 is 1.30 bits per heavy atom. The van der Waals surface area contributed by atoms with Crippen LogP contribution in [0.15, 0.2) is 18.3 Å². The number of amides is 2. The Bertz CT molecular complexity index is 468. The lowest BCUT2D eigenvalue weighted by atomic mass is 10.0. The van der Waals surface area contributed by atoms with Crippen LogP contribution in [-0.4, -0.2) is 30.7 Å². The molecule has 0 aliphatic rings. The molecule has 0 spiro atoms. The highest BCUT2D eigenvalue weighted by Crippen LogP contribution is 2.25. The van der Waals surface area contributed by atoms with Crippen molar-refractivity contribution in [2.75, 3.05) is 14.2 Å². The van der Waals surface area contributed by atoms with Crippen molar-refractivity contribution >= 4 is 12.0 Å². The van der Waals surface area contributed by atoms with Crippen LogP contribution in [0.4, 0.5) is 4.79 Å². The minimum Gasteiger partial charge on any atom is -0.453 e. The van der Waals surface area contributed by atoms with Crippen molar-refractivity contribution in [3.05, 3.63) is 24.0 Å². The van der Waals surface area contributed by atoms with Crippen LogP contribution in [0, 0.1) is 5.92 Å². The quantitative estimate of drug-likeness (QED) is 0.865. The Balaban J connectivity index is 3.07. The molecule has 2 unspecified atom stereocenters. The molecule has 0 aromatic carbocycles. The summed E-state index contributed by atoms with van der Waals surface area (Å²) in [5.41, 5.74) is 0.876. The first-order valence-corrected chi connectivity index (χ1v) is 6.65. The minimum atomic E-state index is -0.482. The lowest BCUT2D eigenvalue weighted by Gasteiger charge is -2.25. The molecule has 20 heavy (non-hydrogen) atoms. The highest BCUT2D eigenvalue weighted by Gasteiger charge is 2.24. The Hall–Kier alpha value is -1.98. The van der Waals surface area contributed by atoms with Crippen molar-refractivity contribution in [1.82, 2.24) is 15.2 Å². The van der Waals surface area contributed by atoms with Crippen molar-refractivity contribution < 1.29 is 14.3 Å². The maximum Gasteiger partial charge on any atom is 0.407 e. The van der Waals surface area contributed by atoms with E-state index in [1.54, 1.807) is 7.05 Å². The summed E-state index contributed by atoms with van der Waals surface area (Å²) >= 11 is 0. The number of methoxy groups -OCH3 is 1. The van der Waals surface area contributed by atoms with E-state index in [0.717, 1.165) is 5.69 Å². The first-order valence-electron chi connectivity index (χ1n) is 6.65. The molecule has 0 saturated heterocycles. The van der Waals surface area contributed by atoms with Crippen LogP contribution in [0.5, 0.6) is 0 Å². The molecule has 6 heteroatoms. The van der Waals surface area contributed by atoms with E-state index in [0.29, 0.717) is 0 Å². The van der Waals surface area contributed by atoms with Gasteiger partial charge in [0.1, 0.15) is 6.04 Å². The van der Waals surface area contributed by atoms with Crippen LogP contribution in [0.2, 0.25) is 0 Å². The van der Waals surface area contributed by atoms with Crippen molar-refractivity contribution in [3.63, 3.8) is 0 Å². The summed E-state index contributed by atoms with van der Waals surface area (Å²) in [6, 6.07) is 3.21. The number of nitrogens with one attached hydrogen (secondary N) is 2. The Labute approximate surface area is 119 Å². The summed E-state index contributed by atoms with van der Waals surface area (Å²) in [6.45, 7) is 5.82. The molecular weight excluding hydrogens is 258 g/mol. The van der Waals surface area contributed by atoms with Gasteiger partial charge < -0.3 is 19.9 Å². The highest BCUT2D eigenvalue weighted by atomic mass is 16.5. The predicted molar refractivity (Wildman–Crippen MR) is 76.3 cm³/mol. The molecule has 0 fully saturated rings. The van der Waals surface area contributed by atoms with Gasteiger partial charge in [0.15, 0.2) is 0 Å². The molecule has 2 N–H and O–H groups in total. The van der Waals surface area contributed by atoms with E-state index in [1.807, 2.05) is 43.7 Å². The zero-order valence-electron chi connectivity index (χ0n) is 12.6. The van der Waals surface area contributed by atoms with Crippen LogP contribution < -0.4 is 10.6 Å². The number of rotatable bonds is 5. The third kappa shape index (κ3) is 3.53. The fraction of sp³-hybridized carbons (Fsp3) is 0.571. The van der Waals surface area contributed by atoms with Crippen molar-refractivity contribution in [2.45, 2.75) is 32.9 Å². The molecule has 1 heterocycles. The van der Waals surface area contributed by atoms with E-state index < -0.39 is 6.09 Å².